The number of rotatable bonds is 83. The molecule has 7 unspecified atom stereocenters. The minimum Gasteiger partial charge on any atom is -0.356 e. The van der Waals surface area contributed by atoms with E-state index in [4.69, 9.17) is 0 Å². The molecule has 0 saturated carbocycles. The minimum absolute atomic E-state index is 0.0183. The van der Waals surface area contributed by atoms with Gasteiger partial charge in [0.25, 0.3) is 0 Å². The summed E-state index contributed by atoms with van der Waals surface area (Å²) in [5.74, 6) is 3.38. The van der Waals surface area contributed by atoms with Gasteiger partial charge in [0.1, 0.15) is 28.9 Å². The molecule has 0 radical (unpaired) electrons. The molecule has 0 aliphatic carbocycles. The Balaban J connectivity index is -0.000000843. The van der Waals surface area contributed by atoms with Crippen LogP contribution >= 0.6 is 0 Å². The standard InChI is InChI=1S/C35H67N3O4.C30H59N3O3.C25H51N3O2.C20H40N2O2/c1-26(2)17-9-11-21-33(40)37-24-16-14-20-31(38-34(41)22-12-10-18-27(3)4)32(39)25-30(35(42)28(5)6)19-13-15-23-36-29(7)8;1-22(2)15-9-10-18-29(35)32-20-14-12-17-27(33-25(7)8)28(34)21-26(30(36)23(3)4)16-11-13-19-31-24(5)6;1-18(2)25(30)22(13-9-11-15-26-19(3)4)17-24(29)23(28-21(7)8)14-10-12-16-27-20(5)6;1-15(2)11-7-8-13-19(23)21-14-10-9-12-18(22-17(5)6)20(24)16(3)4/h26-31,36H,9-25H2,1-8H3,(H,37,40)(H,38,41);22-27,31,33H,9-21H2,1-8H3,(H,32,35);18-23,26-28H,9-17H2,1-8H3;15-18,22H,7-14H2,1-6H3,(H,21,23). The molecule has 7 atom stereocenters. The van der Waals surface area contributed by atoms with Crippen molar-refractivity contribution in [3.8, 4) is 0 Å². The minimum atomic E-state index is -0.584. The molecule has 0 aliphatic rings. The Kier molecular flexibility index (Phi) is 86.5. The number of nitrogens with one attached hydrogen (secondary N) is 11. The second-order valence-corrected chi connectivity index (χ2v) is 43.6. The van der Waals surface area contributed by atoms with Crippen LogP contribution in [0.1, 0.15) is 465 Å². The molecule has 0 heterocycles. The maximum Gasteiger partial charge on any atom is 0.220 e. The fraction of sp³-hybridized carbons (Fsp3) is 0.900. The van der Waals surface area contributed by atoms with Crippen LogP contribution in [0.15, 0.2) is 0 Å². The molecule has 22 heteroatoms. The van der Waals surface area contributed by atoms with Gasteiger partial charge in [-0.1, -0.05) is 285 Å². The van der Waals surface area contributed by atoms with E-state index in [2.05, 4.69) is 211 Å². The van der Waals surface area contributed by atoms with Gasteiger partial charge in [-0.25, -0.2) is 0 Å². The third-order valence-electron chi connectivity index (χ3n) is 23.8. The Morgan fingerprint density at radius 3 is 0.629 bits per heavy atom. The topological polar surface area (TPSA) is 320 Å². The monoisotopic (exact) mass is 1870 g/mol. The molecule has 0 fully saturated rings. The summed E-state index contributed by atoms with van der Waals surface area (Å²) in [5.41, 5.74) is 0. The first-order chi connectivity index (χ1) is 62.0. The SMILES string of the molecule is CC(C)CCCCC(=O)NCCCCC(NC(=O)CCCCC(C)C)C(=O)CC(CCCCNC(C)C)C(=O)C(C)C.CC(C)CCCCC(=O)NCCCCC(NC(C)C)C(=O)C(C)C.CC(C)CCCCC(=O)NCCCCC(NC(C)C)C(=O)CC(CCCCNC(C)C)C(=O)C(C)C.CC(C)NCCCCC(CC(=O)C(CCCCNC(C)C)NC(C)C)C(=O)C(C)C. The molecule has 11 N–H and O–H groups in total. The molecule has 22 nitrogen and oxygen atoms in total. The molecule has 132 heavy (non-hydrogen) atoms. The van der Waals surface area contributed by atoms with Crippen molar-refractivity contribution in [2.24, 2.45) is 65.1 Å². The maximum atomic E-state index is 13.5. The third kappa shape index (κ3) is 84.6. The number of ketones is 7. The van der Waals surface area contributed by atoms with E-state index in [1.807, 2.05) is 55.4 Å². The zero-order chi connectivity index (χ0) is 101. The van der Waals surface area contributed by atoms with Crippen LogP contribution in [-0.2, 0) is 52.7 Å². The van der Waals surface area contributed by atoms with E-state index in [1.165, 1.54) is 12.8 Å². The number of hydrogen-bond acceptors (Lipinski definition) is 18. The fourth-order valence-electron chi connectivity index (χ4n) is 16.1. The van der Waals surface area contributed by atoms with Crippen LogP contribution < -0.4 is 58.5 Å². The predicted molar refractivity (Wildman–Crippen MR) is 559 cm³/mol. The van der Waals surface area contributed by atoms with Crippen molar-refractivity contribution < 1.29 is 52.7 Å². The van der Waals surface area contributed by atoms with E-state index in [9.17, 15) is 52.7 Å². The Morgan fingerprint density at radius 1 is 0.189 bits per heavy atom. The van der Waals surface area contributed by atoms with Gasteiger partial charge < -0.3 is 58.5 Å². The molecule has 0 bridgehead atoms. The zero-order valence-corrected chi connectivity index (χ0v) is 91.4. The Morgan fingerprint density at radius 2 is 0.394 bits per heavy atom. The molecule has 0 aliphatic heterocycles. The van der Waals surface area contributed by atoms with Crippen LogP contribution in [0.3, 0.4) is 0 Å². The van der Waals surface area contributed by atoms with Gasteiger partial charge in [-0.3, -0.25) is 52.7 Å². The largest absolute Gasteiger partial charge is 0.356 e. The summed E-state index contributed by atoms with van der Waals surface area (Å²) in [4.78, 5) is 139. The van der Waals surface area contributed by atoms with Crippen molar-refractivity contribution >= 4 is 64.1 Å². The van der Waals surface area contributed by atoms with E-state index in [0.29, 0.717) is 125 Å². The first-order valence-electron chi connectivity index (χ1n) is 54.1. The van der Waals surface area contributed by atoms with Crippen molar-refractivity contribution in [3.05, 3.63) is 0 Å². The maximum absolute atomic E-state index is 13.5. The highest BCUT2D eigenvalue weighted by Crippen LogP contribution is 2.26. The van der Waals surface area contributed by atoms with E-state index in [-0.39, 0.29) is 142 Å². The molecular formula is C110H217N11O11. The quantitative estimate of drug-likeness (QED) is 0.0252. The highest BCUT2D eigenvalue weighted by molar-refractivity contribution is 5.94. The smallest absolute Gasteiger partial charge is 0.220 e. The molecule has 0 saturated heterocycles. The van der Waals surface area contributed by atoms with E-state index >= 15 is 0 Å². The lowest BCUT2D eigenvalue weighted by molar-refractivity contribution is -0.132. The van der Waals surface area contributed by atoms with Crippen LogP contribution in [0.2, 0.25) is 0 Å². The lowest BCUT2D eigenvalue weighted by Crippen LogP contribution is -2.42. The number of carbonyl (C=O) groups excluding carboxylic acids is 11. The highest BCUT2D eigenvalue weighted by atomic mass is 16.2. The van der Waals surface area contributed by atoms with Gasteiger partial charge in [0.2, 0.25) is 23.6 Å². The summed E-state index contributed by atoms with van der Waals surface area (Å²) in [5, 5.41) is 36.0. The van der Waals surface area contributed by atoms with E-state index in [0.717, 1.165) is 212 Å². The second kappa shape index (κ2) is 85.5. The summed E-state index contributed by atoms with van der Waals surface area (Å²) >= 11 is 0. The van der Waals surface area contributed by atoms with Gasteiger partial charge in [0.05, 0.1) is 24.2 Å². The Bertz CT molecular complexity index is 2910. The molecule has 4 amide bonds. The van der Waals surface area contributed by atoms with Gasteiger partial charge >= 0.3 is 0 Å². The van der Waals surface area contributed by atoms with Gasteiger partial charge in [0, 0.05) is 148 Å². The summed E-state index contributed by atoms with van der Waals surface area (Å²) in [6.45, 7) is 68.3. The normalized spacial score (nSPS) is 13.4. The average Bonchev–Trinajstić information content (AvgIpc) is 0.847. The number of Topliss-reactive ketones (excluding diaryl/α,β-unsaturated/α-hetero) is 7. The number of unbranched alkanes of at least 4 members (excludes halogenated alkanes) is 11. The summed E-state index contributed by atoms with van der Waals surface area (Å²) in [6, 6.07) is 1.62. The molecule has 0 rings (SSSR count). The molecule has 0 aromatic heterocycles. The zero-order valence-electron chi connectivity index (χ0n) is 91.4. The van der Waals surface area contributed by atoms with Crippen molar-refractivity contribution in [1.29, 1.82) is 0 Å². The van der Waals surface area contributed by atoms with Crippen LogP contribution in [0.4, 0.5) is 0 Å². The molecule has 0 aromatic carbocycles. The van der Waals surface area contributed by atoms with Crippen LogP contribution in [0.5, 0.6) is 0 Å². The molecule has 0 spiro atoms. The average molecular weight is 1870 g/mol. The predicted octanol–water partition coefficient (Wildman–Crippen LogP) is 21.6. The molecule has 778 valence electrons. The first kappa shape index (κ1) is 134. The van der Waals surface area contributed by atoms with E-state index < -0.39 is 6.04 Å². The van der Waals surface area contributed by atoms with Crippen molar-refractivity contribution in [3.63, 3.8) is 0 Å². The van der Waals surface area contributed by atoms with Gasteiger partial charge in [-0.2, -0.15) is 0 Å². The molecular weight excluding hydrogens is 1650 g/mol. The Hall–Kier alpha value is -4.71. The molecule has 0 aromatic rings. The highest BCUT2D eigenvalue weighted by Gasteiger charge is 2.32. The second-order valence-electron chi connectivity index (χ2n) is 43.6. The summed E-state index contributed by atoms with van der Waals surface area (Å²) in [6.07, 6.45) is 33.9. The first-order valence-corrected chi connectivity index (χ1v) is 54.1. The lowest BCUT2D eigenvalue weighted by Gasteiger charge is -2.24. The third-order valence-corrected chi connectivity index (χ3v) is 23.8. The van der Waals surface area contributed by atoms with Crippen molar-refractivity contribution in [2.75, 3.05) is 45.8 Å². The lowest BCUT2D eigenvalue weighted by atomic mass is 9.85. The van der Waals surface area contributed by atoms with Crippen molar-refractivity contribution in [1.82, 2.24) is 58.5 Å². The van der Waals surface area contributed by atoms with E-state index in [1.54, 1.807) is 0 Å². The van der Waals surface area contributed by atoms with Gasteiger partial charge in [-0.15, -0.1) is 0 Å². The van der Waals surface area contributed by atoms with Gasteiger partial charge in [-0.05, 0) is 185 Å². The Labute approximate surface area is 812 Å². The number of hydrogen-bond donors (Lipinski definition) is 11. The van der Waals surface area contributed by atoms with Crippen LogP contribution in [0, 0.1) is 65.1 Å². The number of carbonyl (C=O) groups is 11. The summed E-state index contributed by atoms with van der Waals surface area (Å²) < 4.78 is 0. The van der Waals surface area contributed by atoms with Gasteiger partial charge in [0.15, 0.2) is 11.6 Å². The van der Waals surface area contributed by atoms with Crippen molar-refractivity contribution in [2.45, 2.75) is 531 Å². The summed E-state index contributed by atoms with van der Waals surface area (Å²) in [7, 11) is 0. The van der Waals surface area contributed by atoms with Crippen LogP contribution in [-0.4, -0.2) is 176 Å². The van der Waals surface area contributed by atoms with Crippen LogP contribution in [0.25, 0.3) is 0 Å². The number of amides is 4. The fourth-order valence-corrected chi connectivity index (χ4v) is 16.1.